The maximum Gasteiger partial charge on any atom is 0.200 e. The van der Waals surface area contributed by atoms with E-state index in [9.17, 15) is 91.1 Å². The van der Waals surface area contributed by atoms with Crippen molar-refractivity contribution in [3.63, 3.8) is 0 Å². The van der Waals surface area contributed by atoms with Gasteiger partial charge in [0.15, 0.2) is 79.6 Å². The molecule has 0 atom stereocenters. The van der Waals surface area contributed by atoms with E-state index < -0.39 is 148 Å². The highest BCUT2D eigenvalue weighted by Crippen LogP contribution is 2.41. The molecular formula is C21H4F15O6S3-. The summed E-state index contributed by atoms with van der Waals surface area (Å²) in [5, 5.41) is 0. The Labute approximate surface area is 239 Å². The minimum Gasteiger partial charge on any atom is -0.256 e. The Hall–Kier alpha value is -3.54. The first kappa shape index (κ1) is 35.9. The van der Waals surface area contributed by atoms with E-state index in [0.717, 1.165) is 0 Å². The van der Waals surface area contributed by atoms with Crippen molar-refractivity contribution in [3.8, 4) is 0 Å². The summed E-state index contributed by atoms with van der Waals surface area (Å²) in [5.74, 6) is -50.3. The summed E-state index contributed by atoms with van der Waals surface area (Å²) in [5.41, 5.74) is 0. The second-order valence-corrected chi connectivity index (χ2v) is 14.3. The molecule has 0 fully saturated rings. The first-order valence-corrected chi connectivity index (χ1v) is 15.1. The molecule has 0 heterocycles. The van der Waals surface area contributed by atoms with Crippen LogP contribution in [-0.4, -0.2) is 31.0 Å². The van der Waals surface area contributed by atoms with Crippen molar-refractivity contribution >= 4 is 29.5 Å². The van der Waals surface area contributed by atoms with E-state index >= 15 is 0 Å². The highest BCUT2D eigenvalue weighted by Gasteiger charge is 2.41. The fourth-order valence-corrected chi connectivity index (χ4v) is 9.28. The summed E-state index contributed by atoms with van der Waals surface area (Å²) in [6.45, 7) is 0. The minimum atomic E-state index is -7.15. The lowest BCUT2D eigenvalue weighted by atomic mass is 10.3. The number of sulfone groups is 3. The van der Waals surface area contributed by atoms with Gasteiger partial charge in [0.25, 0.3) is 0 Å². The van der Waals surface area contributed by atoms with Crippen LogP contribution < -0.4 is 0 Å². The van der Waals surface area contributed by atoms with Gasteiger partial charge in [0.1, 0.15) is 14.7 Å². The Balaban J connectivity index is 2.41. The van der Waals surface area contributed by atoms with Crippen LogP contribution in [-0.2, 0) is 29.5 Å². The van der Waals surface area contributed by atoms with Crippen molar-refractivity contribution in [2.24, 2.45) is 0 Å². The zero-order valence-electron chi connectivity index (χ0n) is 20.3. The van der Waals surface area contributed by atoms with E-state index in [0.29, 0.717) is 0 Å². The van der Waals surface area contributed by atoms with Gasteiger partial charge in [-0.15, -0.1) is 6.42 Å². The molecule has 248 valence electrons. The van der Waals surface area contributed by atoms with E-state index in [4.69, 9.17) is 0 Å². The molecule has 3 aromatic rings. The van der Waals surface area contributed by atoms with Crippen LogP contribution in [0.2, 0.25) is 0 Å². The van der Waals surface area contributed by atoms with E-state index in [1.54, 1.807) is 0 Å². The molecular weight excluding hydrogens is 729 g/mol. The molecule has 0 saturated heterocycles. The Morgan fingerprint density at radius 2 is 0.533 bits per heavy atom. The summed E-state index contributed by atoms with van der Waals surface area (Å²) in [6, 6.07) is 0. The van der Waals surface area contributed by atoms with Crippen LogP contribution in [0.4, 0.5) is 65.9 Å². The molecule has 0 bridgehead atoms. The minimum absolute atomic E-state index is 2.62. The Bertz CT molecular complexity index is 1930. The lowest BCUT2D eigenvalue weighted by Crippen LogP contribution is -2.30. The van der Waals surface area contributed by atoms with E-state index in [-0.39, 0.29) is 0 Å². The third-order valence-corrected chi connectivity index (χ3v) is 12.0. The molecule has 24 heteroatoms. The summed E-state index contributed by atoms with van der Waals surface area (Å²) >= 11 is 0. The quantitative estimate of drug-likeness (QED) is 0.102. The highest BCUT2D eigenvalue weighted by atomic mass is 32.3. The maximum absolute atomic E-state index is 14.4. The zero-order chi connectivity index (χ0) is 34.9. The van der Waals surface area contributed by atoms with Gasteiger partial charge in [-0.05, 0) is 0 Å². The molecule has 3 aromatic carbocycles. The fourth-order valence-electron chi connectivity index (χ4n) is 3.46. The van der Waals surface area contributed by atoms with Crippen molar-refractivity contribution in [2.45, 2.75) is 21.1 Å². The van der Waals surface area contributed by atoms with Gasteiger partial charge in [-0.1, -0.05) is 4.58 Å². The average molecular weight is 733 g/mol. The van der Waals surface area contributed by atoms with Crippen molar-refractivity contribution in [2.75, 3.05) is 5.75 Å². The first-order valence-electron chi connectivity index (χ1n) is 10.5. The molecule has 3 rings (SSSR count). The van der Waals surface area contributed by atoms with Crippen LogP contribution in [0.5, 0.6) is 0 Å². The molecule has 0 N–H and O–H groups in total. The molecule has 0 spiro atoms. The van der Waals surface area contributed by atoms with Crippen LogP contribution in [0.25, 0.3) is 0 Å². The predicted molar refractivity (Wildman–Crippen MR) is 113 cm³/mol. The van der Waals surface area contributed by atoms with Crippen LogP contribution >= 0.6 is 0 Å². The van der Waals surface area contributed by atoms with Crippen LogP contribution in [0.15, 0.2) is 14.7 Å². The third kappa shape index (κ3) is 5.48. The Morgan fingerprint density at radius 1 is 0.333 bits per heavy atom. The molecule has 0 unspecified atom stereocenters. The first-order chi connectivity index (χ1) is 20.4. The smallest absolute Gasteiger partial charge is 0.200 e. The monoisotopic (exact) mass is 733 g/mol. The fraction of sp³-hybridized carbons (Fsp3) is 0.0952. The largest absolute Gasteiger partial charge is 0.256 e. The Kier molecular flexibility index (Phi) is 9.32. The molecule has 6 nitrogen and oxygen atoms in total. The van der Waals surface area contributed by atoms with Gasteiger partial charge in [-0.25, -0.2) is 74.3 Å². The van der Waals surface area contributed by atoms with Gasteiger partial charge in [-0.3, -0.25) is 16.8 Å². The second kappa shape index (κ2) is 11.7. The standard InChI is InChI=1S/C21H4F15O6S3/c22-4-7(25)13(31)19(14(32)8(4)26)43(37,38)2-1-3(44(39,40)20-15(33)9(27)5(23)10(28)16(20)34)45(41,42)21-17(35)11(29)6(24)12(30)18(21)36/h1-2H2/q-1. The molecule has 45 heavy (non-hydrogen) atoms. The van der Waals surface area contributed by atoms with Crippen LogP contribution in [0.1, 0.15) is 6.42 Å². The second-order valence-electron chi connectivity index (χ2n) is 8.14. The van der Waals surface area contributed by atoms with Crippen molar-refractivity contribution < 1.29 is 91.1 Å². The van der Waals surface area contributed by atoms with Gasteiger partial charge < -0.3 is 0 Å². The number of hydrogen-bond donors (Lipinski definition) is 0. The van der Waals surface area contributed by atoms with Crippen LogP contribution in [0.3, 0.4) is 0 Å². The maximum atomic E-state index is 14.4. The van der Waals surface area contributed by atoms with E-state index in [1.807, 2.05) is 0 Å². The third-order valence-electron chi connectivity index (χ3n) is 5.53. The normalized spacial score (nSPS) is 12.8. The summed E-state index contributed by atoms with van der Waals surface area (Å²) in [4.78, 5) is -9.24. The van der Waals surface area contributed by atoms with Gasteiger partial charge in [0.05, 0.1) is 19.7 Å². The van der Waals surface area contributed by atoms with Gasteiger partial charge in [0.2, 0.25) is 17.5 Å². The zero-order valence-corrected chi connectivity index (χ0v) is 22.7. The number of hydrogen-bond acceptors (Lipinski definition) is 6. The predicted octanol–water partition coefficient (Wildman–Crippen LogP) is 5.37. The number of halogens is 15. The lowest BCUT2D eigenvalue weighted by molar-refractivity contribution is 0.357. The summed E-state index contributed by atoms with van der Waals surface area (Å²) < 4.78 is 282. The van der Waals surface area contributed by atoms with Crippen molar-refractivity contribution in [1.82, 2.24) is 0 Å². The highest BCUT2D eigenvalue weighted by molar-refractivity contribution is 8.12. The summed E-state index contributed by atoms with van der Waals surface area (Å²) in [6.07, 6.45) is -2.70. The van der Waals surface area contributed by atoms with Crippen molar-refractivity contribution in [3.05, 3.63) is 91.8 Å². The van der Waals surface area contributed by atoms with Gasteiger partial charge >= 0.3 is 0 Å². The molecule has 0 radical (unpaired) electrons. The van der Waals surface area contributed by atoms with Gasteiger partial charge in [-0.2, -0.15) is 0 Å². The van der Waals surface area contributed by atoms with Crippen LogP contribution in [0, 0.1) is 91.8 Å². The number of benzene rings is 3. The molecule has 0 aliphatic carbocycles. The van der Waals surface area contributed by atoms with E-state index in [1.165, 1.54) is 0 Å². The topological polar surface area (TPSA) is 102 Å². The molecule has 0 aliphatic rings. The molecule has 0 saturated carbocycles. The molecule has 0 amide bonds. The van der Waals surface area contributed by atoms with E-state index in [2.05, 4.69) is 0 Å². The summed E-state index contributed by atoms with van der Waals surface area (Å²) in [7, 11) is -20.6. The SMILES string of the molecule is O=S(=O)(CC[C-](S(=O)(=O)c1c(F)c(F)c(F)c(F)c1F)S(=O)(=O)c1c(F)c(F)c(F)c(F)c1F)c1c(F)c(F)c(F)c(F)c1F. The van der Waals surface area contributed by atoms with Gasteiger partial charge in [0, 0.05) is 5.75 Å². The van der Waals surface area contributed by atoms with Crippen molar-refractivity contribution in [1.29, 1.82) is 0 Å². The Morgan fingerprint density at radius 3 is 0.778 bits per heavy atom. The average Bonchev–Trinajstić information content (AvgIpc) is 2.94. The molecule has 0 aromatic heterocycles. The molecule has 0 aliphatic heterocycles. The lowest BCUT2D eigenvalue weighted by Gasteiger charge is -2.31. The number of rotatable bonds is 8.